The van der Waals surface area contributed by atoms with Crippen molar-refractivity contribution in [2.24, 2.45) is 0 Å². The molecular formula is C12H21N3O. The fourth-order valence-electron chi connectivity index (χ4n) is 1.94. The number of rotatable bonds is 4. The lowest BCUT2D eigenvalue weighted by atomic mass is 10.1. The van der Waals surface area contributed by atoms with Gasteiger partial charge < -0.3 is 10.1 Å². The van der Waals surface area contributed by atoms with Gasteiger partial charge >= 0.3 is 0 Å². The standard InChI is InChI=1S/C12H21N3O/c1-10(2)13-7-11-8-14-15(9-11)12-3-5-16-6-4-12/h8-10,12-13H,3-7H2,1-2H3. The molecule has 16 heavy (non-hydrogen) atoms. The molecule has 1 N–H and O–H groups in total. The van der Waals surface area contributed by atoms with E-state index >= 15 is 0 Å². The highest BCUT2D eigenvalue weighted by molar-refractivity contribution is 5.04. The Kier molecular flexibility index (Phi) is 3.96. The van der Waals surface area contributed by atoms with E-state index in [4.69, 9.17) is 4.74 Å². The molecule has 1 aliphatic rings. The van der Waals surface area contributed by atoms with E-state index in [1.165, 1.54) is 5.56 Å². The summed E-state index contributed by atoms with van der Waals surface area (Å²) in [5.74, 6) is 0. The van der Waals surface area contributed by atoms with Crippen molar-refractivity contribution in [1.29, 1.82) is 0 Å². The highest BCUT2D eigenvalue weighted by Crippen LogP contribution is 2.20. The van der Waals surface area contributed by atoms with E-state index in [-0.39, 0.29) is 0 Å². The Hall–Kier alpha value is -0.870. The molecule has 0 saturated carbocycles. The molecule has 4 heteroatoms. The maximum Gasteiger partial charge on any atom is 0.0563 e. The molecule has 0 aliphatic carbocycles. The van der Waals surface area contributed by atoms with E-state index in [0.29, 0.717) is 12.1 Å². The van der Waals surface area contributed by atoms with Crippen LogP contribution in [0.3, 0.4) is 0 Å². The zero-order valence-electron chi connectivity index (χ0n) is 10.1. The van der Waals surface area contributed by atoms with Crippen LogP contribution in [-0.4, -0.2) is 29.0 Å². The molecule has 0 spiro atoms. The first-order chi connectivity index (χ1) is 7.75. The van der Waals surface area contributed by atoms with Crippen LogP contribution in [-0.2, 0) is 11.3 Å². The van der Waals surface area contributed by atoms with E-state index in [0.717, 1.165) is 32.6 Å². The van der Waals surface area contributed by atoms with Crippen LogP contribution in [0.1, 0.15) is 38.3 Å². The SMILES string of the molecule is CC(C)NCc1cnn(C2CCOCC2)c1. The molecule has 0 aromatic carbocycles. The molecule has 1 fully saturated rings. The van der Waals surface area contributed by atoms with Crippen LogP contribution in [0.4, 0.5) is 0 Å². The normalized spacial score (nSPS) is 18.2. The molecule has 1 saturated heterocycles. The molecule has 90 valence electrons. The van der Waals surface area contributed by atoms with Crippen molar-refractivity contribution in [2.75, 3.05) is 13.2 Å². The van der Waals surface area contributed by atoms with Gasteiger partial charge in [-0.15, -0.1) is 0 Å². The maximum atomic E-state index is 5.35. The van der Waals surface area contributed by atoms with Gasteiger partial charge in [-0.25, -0.2) is 0 Å². The highest BCUT2D eigenvalue weighted by atomic mass is 16.5. The molecule has 0 amide bonds. The predicted octanol–water partition coefficient (Wildman–Crippen LogP) is 1.73. The zero-order valence-corrected chi connectivity index (χ0v) is 10.1. The van der Waals surface area contributed by atoms with Crippen molar-refractivity contribution in [3.8, 4) is 0 Å². The Morgan fingerprint density at radius 3 is 2.94 bits per heavy atom. The molecule has 0 atom stereocenters. The van der Waals surface area contributed by atoms with Crippen molar-refractivity contribution < 1.29 is 4.74 Å². The van der Waals surface area contributed by atoms with Crippen LogP contribution in [0.5, 0.6) is 0 Å². The van der Waals surface area contributed by atoms with Crippen molar-refractivity contribution in [3.63, 3.8) is 0 Å². The minimum absolute atomic E-state index is 0.520. The summed E-state index contributed by atoms with van der Waals surface area (Å²) in [7, 11) is 0. The van der Waals surface area contributed by atoms with Crippen LogP contribution in [0.25, 0.3) is 0 Å². The predicted molar refractivity (Wildman–Crippen MR) is 63.3 cm³/mol. The third-order valence-corrected chi connectivity index (χ3v) is 2.93. The summed E-state index contributed by atoms with van der Waals surface area (Å²) in [5, 5.41) is 7.84. The summed E-state index contributed by atoms with van der Waals surface area (Å²) in [4.78, 5) is 0. The molecule has 0 bridgehead atoms. The van der Waals surface area contributed by atoms with E-state index in [1.54, 1.807) is 0 Å². The highest BCUT2D eigenvalue weighted by Gasteiger charge is 2.16. The molecule has 0 radical (unpaired) electrons. The van der Waals surface area contributed by atoms with Crippen LogP contribution in [0.15, 0.2) is 12.4 Å². The quantitative estimate of drug-likeness (QED) is 0.845. The van der Waals surface area contributed by atoms with Crippen LogP contribution in [0, 0.1) is 0 Å². The van der Waals surface area contributed by atoms with E-state index in [2.05, 4.69) is 35.1 Å². The Balaban J connectivity index is 1.90. The first-order valence-corrected chi connectivity index (χ1v) is 6.10. The smallest absolute Gasteiger partial charge is 0.0563 e. The number of nitrogens with one attached hydrogen (secondary N) is 1. The Morgan fingerprint density at radius 1 is 1.50 bits per heavy atom. The summed E-state index contributed by atoms with van der Waals surface area (Å²) in [5.41, 5.74) is 1.26. The Morgan fingerprint density at radius 2 is 2.25 bits per heavy atom. The van der Waals surface area contributed by atoms with E-state index in [9.17, 15) is 0 Å². The van der Waals surface area contributed by atoms with Gasteiger partial charge in [0.15, 0.2) is 0 Å². The van der Waals surface area contributed by atoms with Gasteiger partial charge in [-0.1, -0.05) is 13.8 Å². The average Bonchev–Trinajstić information content (AvgIpc) is 2.76. The molecule has 1 aromatic heterocycles. The first-order valence-electron chi connectivity index (χ1n) is 6.10. The van der Waals surface area contributed by atoms with Crippen LogP contribution >= 0.6 is 0 Å². The Bertz CT molecular complexity index is 316. The number of nitrogens with zero attached hydrogens (tertiary/aromatic N) is 2. The minimum atomic E-state index is 0.520. The van der Waals surface area contributed by atoms with Gasteiger partial charge in [0.1, 0.15) is 0 Å². The molecule has 0 unspecified atom stereocenters. The molecular weight excluding hydrogens is 202 g/mol. The van der Waals surface area contributed by atoms with Crippen LogP contribution in [0.2, 0.25) is 0 Å². The van der Waals surface area contributed by atoms with Gasteiger partial charge in [0.05, 0.1) is 12.2 Å². The number of hydrogen-bond acceptors (Lipinski definition) is 3. The summed E-state index contributed by atoms with van der Waals surface area (Å²) < 4.78 is 7.45. The molecule has 4 nitrogen and oxygen atoms in total. The van der Waals surface area contributed by atoms with Crippen molar-refractivity contribution in [3.05, 3.63) is 18.0 Å². The van der Waals surface area contributed by atoms with E-state index in [1.807, 2.05) is 6.20 Å². The molecule has 1 aromatic rings. The second kappa shape index (κ2) is 5.46. The monoisotopic (exact) mass is 223 g/mol. The lowest BCUT2D eigenvalue weighted by Crippen LogP contribution is -2.22. The summed E-state index contributed by atoms with van der Waals surface area (Å²) in [6, 6.07) is 1.05. The van der Waals surface area contributed by atoms with Gasteiger partial charge in [0.25, 0.3) is 0 Å². The fourth-order valence-corrected chi connectivity index (χ4v) is 1.94. The van der Waals surface area contributed by atoms with Crippen molar-refractivity contribution in [2.45, 2.75) is 45.3 Å². The van der Waals surface area contributed by atoms with Crippen molar-refractivity contribution in [1.82, 2.24) is 15.1 Å². The summed E-state index contributed by atoms with van der Waals surface area (Å²) in [6.07, 6.45) is 6.29. The van der Waals surface area contributed by atoms with Gasteiger partial charge in [-0.05, 0) is 12.8 Å². The summed E-state index contributed by atoms with van der Waals surface area (Å²) >= 11 is 0. The Labute approximate surface area is 97.0 Å². The minimum Gasteiger partial charge on any atom is -0.381 e. The second-order valence-electron chi connectivity index (χ2n) is 4.71. The largest absolute Gasteiger partial charge is 0.381 e. The molecule has 2 rings (SSSR count). The molecule has 2 heterocycles. The van der Waals surface area contributed by atoms with Gasteiger partial charge in [0, 0.05) is 37.6 Å². The number of ether oxygens (including phenoxy) is 1. The fraction of sp³-hybridized carbons (Fsp3) is 0.750. The van der Waals surface area contributed by atoms with Gasteiger partial charge in [-0.2, -0.15) is 5.10 Å². The number of hydrogen-bond donors (Lipinski definition) is 1. The first kappa shape index (κ1) is 11.6. The number of aromatic nitrogens is 2. The maximum absolute atomic E-state index is 5.35. The van der Waals surface area contributed by atoms with Crippen LogP contribution < -0.4 is 5.32 Å². The molecule has 1 aliphatic heterocycles. The third-order valence-electron chi connectivity index (χ3n) is 2.93. The van der Waals surface area contributed by atoms with E-state index < -0.39 is 0 Å². The van der Waals surface area contributed by atoms with Gasteiger partial charge in [0.2, 0.25) is 0 Å². The third kappa shape index (κ3) is 3.06. The summed E-state index contributed by atoms with van der Waals surface area (Å²) in [6.45, 7) is 6.95. The zero-order chi connectivity index (χ0) is 11.4. The second-order valence-corrected chi connectivity index (χ2v) is 4.71. The van der Waals surface area contributed by atoms with Crippen molar-refractivity contribution >= 4 is 0 Å². The average molecular weight is 223 g/mol. The topological polar surface area (TPSA) is 39.1 Å². The lowest BCUT2D eigenvalue weighted by Gasteiger charge is -2.22. The van der Waals surface area contributed by atoms with Gasteiger partial charge in [-0.3, -0.25) is 4.68 Å². The lowest BCUT2D eigenvalue weighted by molar-refractivity contribution is 0.0662.